The summed E-state index contributed by atoms with van der Waals surface area (Å²) >= 11 is 0. The number of hydrogen-bond donors (Lipinski definition) is 1. The van der Waals surface area contributed by atoms with Crippen LogP contribution in [0.4, 0.5) is 5.82 Å². The molecule has 2 N–H and O–H groups in total. The first-order valence-electron chi connectivity index (χ1n) is 6.56. The summed E-state index contributed by atoms with van der Waals surface area (Å²) in [6.45, 7) is 4.03. The van der Waals surface area contributed by atoms with Crippen molar-refractivity contribution in [3.05, 3.63) is 70.0 Å². The van der Waals surface area contributed by atoms with Gasteiger partial charge in [0.15, 0.2) is 0 Å². The van der Waals surface area contributed by atoms with Crippen LogP contribution in [0.2, 0.25) is 0 Å². The van der Waals surface area contributed by atoms with Gasteiger partial charge in [-0.1, -0.05) is 30.3 Å². The van der Waals surface area contributed by atoms with E-state index in [9.17, 15) is 4.79 Å². The van der Waals surface area contributed by atoms with Gasteiger partial charge in [-0.3, -0.25) is 9.36 Å². The Kier molecular flexibility index (Phi) is 2.83. The van der Waals surface area contributed by atoms with E-state index in [4.69, 9.17) is 5.73 Å². The Hall–Kier alpha value is -2.55. The van der Waals surface area contributed by atoms with Crippen LogP contribution >= 0.6 is 0 Å². The number of rotatable bonds is 1. The Morgan fingerprint density at radius 1 is 1.00 bits per heavy atom. The van der Waals surface area contributed by atoms with Gasteiger partial charge in [-0.2, -0.15) is 0 Å². The average Bonchev–Trinajstić information content (AvgIpc) is 2.43. The van der Waals surface area contributed by atoms with Crippen LogP contribution in [-0.4, -0.2) is 4.57 Å². The fraction of sp³-hybridized carbons (Fsp3) is 0.118. The van der Waals surface area contributed by atoms with Crippen LogP contribution in [0.15, 0.2) is 53.3 Å². The molecule has 3 nitrogen and oxygen atoms in total. The maximum absolute atomic E-state index is 12.7. The van der Waals surface area contributed by atoms with Gasteiger partial charge in [0.2, 0.25) is 0 Å². The number of aromatic nitrogens is 1. The fourth-order valence-corrected chi connectivity index (χ4v) is 2.51. The number of benzene rings is 2. The van der Waals surface area contributed by atoms with Crippen molar-refractivity contribution < 1.29 is 0 Å². The first kappa shape index (κ1) is 12.5. The lowest BCUT2D eigenvalue weighted by atomic mass is 10.1. The van der Waals surface area contributed by atoms with E-state index >= 15 is 0 Å². The molecular weight excluding hydrogens is 248 g/mol. The number of nitrogens with two attached hydrogens (primary N) is 1. The monoisotopic (exact) mass is 264 g/mol. The van der Waals surface area contributed by atoms with Crippen LogP contribution in [-0.2, 0) is 0 Å². The van der Waals surface area contributed by atoms with Gasteiger partial charge >= 0.3 is 0 Å². The molecule has 0 amide bonds. The molecule has 2 aromatic carbocycles. The minimum atomic E-state index is -0.0747. The van der Waals surface area contributed by atoms with Gasteiger partial charge in [-0.15, -0.1) is 0 Å². The molecule has 100 valence electrons. The predicted octanol–water partition coefficient (Wildman–Crippen LogP) is 3.19. The zero-order chi connectivity index (χ0) is 14.3. The van der Waals surface area contributed by atoms with E-state index in [1.54, 1.807) is 4.57 Å². The topological polar surface area (TPSA) is 48.0 Å². The number of nitrogens with zero attached hydrogens (tertiary/aromatic N) is 1. The Bertz CT molecular complexity index is 862. The van der Waals surface area contributed by atoms with E-state index in [0.29, 0.717) is 11.2 Å². The van der Waals surface area contributed by atoms with Crippen molar-refractivity contribution in [2.45, 2.75) is 13.8 Å². The SMILES string of the molecule is Cc1cccc(-n2c(N)cc3ccccc3c2=O)c1C. The second kappa shape index (κ2) is 4.53. The van der Waals surface area contributed by atoms with Gasteiger partial charge in [0.25, 0.3) is 5.56 Å². The molecule has 0 atom stereocenters. The van der Waals surface area contributed by atoms with E-state index in [2.05, 4.69) is 0 Å². The van der Waals surface area contributed by atoms with E-state index in [1.807, 2.05) is 62.4 Å². The minimum absolute atomic E-state index is 0.0747. The molecule has 20 heavy (non-hydrogen) atoms. The minimum Gasteiger partial charge on any atom is -0.385 e. The Balaban J connectivity index is 2.43. The summed E-state index contributed by atoms with van der Waals surface area (Å²) in [4.78, 5) is 12.7. The van der Waals surface area contributed by atoms with Crippen molar-refractivity contribution in [3.63, 3.8) is 0 Å². The molecule has 0 saturated carbocycles. The zero-order valence-electron chi connectivity index (χ0n) is 11.6. The summed E-state index contributed by atoms with van der Waals surface area (Å²) in [5, 5.41) is 1.55. The van der Waals surface area contributed by atoms with Gasteiger partial charge in [0.05, 0.1) is 5.69 Å². The molecule has 0 unspecified atom stereocenters. The summed E-state index contributed by atoms with van der Waals surface area (Å²) in [5.74, 6) is 0.461. The van der Waals surface area contributed by atoms with Crippen LogP contribution in [0.3, 0.4) is 0 Å². The number of hydrogen-bond acceptors (Lipinski definition) is 2. The van der Waals surface area contributed by atoms with Crippen LogP contribution in [0.1, 0.15) is 11.1 Å². The molecule has 0 fully saturated rings. The standard InChI is InChI=1S/C17H16N2O/c1-11-6-5-9-15(12(11)2)19-16(18)10-13-7-3-4-8-14(13)17(19)20/h3-10H,18H2,1-2H3. The molecule has 0 aliphatic heterocycles. The summed E-state index contributed by atoms with van der Waals surface area (Å²) in [5.41, 5.74) is 9.08. The second-order valence-electron chi connectivity index (χ2n) is 5.02. The third-order valence-electron chi connectivity index (χ3n) is 3.77. The maximum Gasteiger partial charge on any atom is 0.264 e. The van der Waals surface area contributed by atoms with Crippen LogP contribution < -0.4 is 11.3 Å². The normalized spacial score (nSPS) is 10.9. The Labute approximate surface area is 117 Å². The van der Waals surface area contributed by atoms with Crippen LogP contribution in [0, 0.1) is 13.8 Å². The van der Waals surface area contributed by atoms with Crippen LogP contribution in [0.5, 0.6) is 0 Å². The largest absolute Gasteiger partial charge is 0.385 e. The molecule has 0 bridgehead atoms. The van der Waals surface area contributed by atoms with E-state index in [-0.39, 0.29) is 5.56 Å². The highest BCUT2D eigenvalue weighted by Crippen LogP contribution is 2.21. The molecule has 0 aliphatic carbocycles. The van der Waals surface area contributed by atoms with Gasteiger partial charge in [-0.05, 0) is 48.6 Å². The molecule has 0 radical (unpaired) electrons. The van der Waals surface area contributed by atoms with E-state index < -0.39 is 0 Å². The molecule has 3 rings (SSSR count). The van der Waals surface area contributed by atoms with Gasteiger partial charge in [0, 0.05) is 5.39 Å². The van der Waals surface area contributed by atoms with E-state index in [1.165, 1.54) is 0 Å². The van der Waals surface area contributed by atoms with Gasteiger partial charge < -0.3 is 5.73 Å². The summed E-state index contributed by atoms with van der Waals surface area (Å²) in [6, 6.07) is 15.3. The third kappa shape index (κ3) is 1.79. The van der Waals surface area contributed by atoms with Crippen molar-refractivity contribution in [1.29, 1.82) is 0 Å². The summed E-state index contributed by atoms with van der Waals surface area (Å²) < 4.78 is 1.59. The van der Waals surface area contributed by atoms with Gasteiger partial charge in [0.1, 0.15) is 5.82 Å². The lowest BCUT2D eigenvalue weighted by Gasteiger charge is -2.15. The number of pyridine rings is 1. The first-order valence-corrected chi connectivity index (χ1v) is 6.56. The Morgan fingerprint density at radius 2 is 1.75 bits per heavy atom. The molecule has 0 spiro atoms. The lowest BCUT2D eigenvalue weighted by Crippen LogP contribution is -2.22. The van der Waals surface area contributed by atoms with Crippen molar-refractivity contribution >= 4 is 16.6 Å². The van der Waals surface area contributed by atoms with Crippen LogP contribution in [0.25, 0.3) is 16.5 Å². The van der Waals surface area contributed by atoms with E-state index in [0.717, 1.165) is 22.2 Å². The smallest absolute Gasteiger partial charge is 0.264 e. The zero-order valence-corrected chi connectivity index (χ0v) is 11.6. The molecule has 0 aliphatic rings. The third-order valence-corrected chi connectivity index (χ3v) is 3.77. The highest BCUT2D eigenvalue weighted by Gasteiger charge is 2.11. The maximum atomic E-state index is 12.7. The lowest BCUT2D eigenvalue weighted by molar-refractivity contribution is 1.00. The molecule has 3 aromatic rings. The number of anilines is 1. The summed E-state index contributed by atoms with van der Waals surface area (Å²) in [7, 11) is 0. The highest BCUT2D eigenvalue weighted by atomic mass is 16.1. The second-order valence-corrected chi connectivity index (χ2v) is 5.02. The average molecular weight is 264 g/mol. The fourth-order valence-electron chi connectivity index (χ4n) is 2.51. The molecule has 0 saturated heterocycles. The first-order chi connectivity index (χ1) is 9.59. The predicted molar refractivity (Wildman–Crippen MR) is 83.4 cm³/mol. The number of nitrogen functional groups attached to an aromatic ring is 1. The van der Waals surface area contributed by atoms with Crippen molar-refractivity contribution in [2.75, 3.05) is 5.73 Å². The molecule has 3 heteroatoms. The molecule has 1 aromatic heterocycles. The van der Waals surface area contributed by atoms with Crippen molar-refractivity contribution in [3.8, 4) is 5.69 Å². The molecular formula is C17H16N2O. The van der Waals surface area contributed by atoms with Crippen molar-refractivity contribution in [1.82, 2.24) is 4.57 Å². The highest BCUT2D eigenvalue weighted by molar-refractivity contribution is 5.84. The van der Waals surface area contributed by atoms with Gasteiger partial charge in [-0.25, -0.2) is 0 Å². The molecule has 1 heterocycles. The quantitative estimate of drug-likeness (QED) is 0.733. The number of aryl methyl sites for hydroxylation is 1. The Morgan fingerprint density at radius 3 is 2.55 bits per heavy atom. The van der Waals surface area contributed by atoms with Crippen molar-refractivity contribution in [2.24, 2.45) is 0 Å². The number of fused-ring (bicyclic) bond motifs is 1. The summed E-state index contributed by atoms with van der Waals surface area (Å²) in [6.07, 6.45) is 0.